The molecular weight excluding hydrogens is 654 g/mol. The molecular formula is C30H27N4Na2O8S2+. The van der Waals surface area contributed by atoms with Gasteiger partial charge in [-0.3, -0.25) is 4.55 Å². The van der Waals surface area contributed by atoms with Crippen molar-refractivity contribution in [2.45, 2.75) is 23.6 Å². The predicted octanol–water partition coefficient (Wildman–Crippen LogP) is 1.64. The molecule has 0 saturated heterocycles. The molecule has 0 radical (unpaired) electrons. The van der Waals surface area contributed by atoms with E-state index < -0.39 is 30.0 Å². The average Bonchev–Trinajstić information content (AvgIpc) is 2.99. The van der Waals surface area contributed by atoms with Crippen LogP contribution in [0.25, 0.3) is 12.2 Å². The van der Waals surface area contributed by atoms with Gasteiger partial charge in [0.25, 0.3) is 10.1 Å². The Hall–Kier alpha value is -2.76. The third kappa shape index (κ3) is 11.5. The van der Waals surface area contributed by atoms with E-state index in [4.69, 9.17) is 9.47 Å². The molecule has 228 valence electrons. The van der Waals surface area contributed by atoms with Gasteiger partial charge in [0.05, 0.1) is 40.9 Å². The molecule has 0 bridgehead atoms. The van der Waals surface area contributed by atoms with Crippen LogP contribution in [0.2, 0.25) is 0 Å². The van der Waals surface area contributed by atoms with Crippen LogP contribution in [-0.4, -0.2) is 39.2 Å². The number of azo groups is 2. The van der Waals surface area contributed by atoms with Crippen molar-refractivity contribution in [2.24, 2.45) is 20.5 Å². The minimum atomic E-state index is -4.96. The number of benzene rings is 4. The Balaban J connectivity index is 0.00000368. The Bertz CT molecular complexity index is 1790. The molecule has 0 fully saturated rings. The minimum Gasteiger partial charge on any atom is -0.744 e. The van der Waals surface area contributed by atoms with Crippen LogP contribution in [0.5, 0.6) is 11.5 Å². The molecule has 0 atom stereocenters. The molecule has 0 saturated carbocycles. The summed E-state index contributed by atoms with van der Waals surface area (Å²) >= 11 is 0. The van der Waals surface area contributed by atoms with Gasteiger partial charge in [-0.05, 0) is 97.8 Å². The molecule has 0 amide bonds. The summed E-state index contributed by atoms with van der Waals surface area (Å²) in [5.41, 5.74) is 1.19. The summed E-state index contributed by atoms with van der Waals surface area (Å²) in [7, 11) is -9.69. The zero-order chi connectivity index (χ0) is 31.7. The first-order valence-electron chi connectivity index (χ1n) is 13.1. The normalized spacial score (nSPS) is 11.8. The van der Waals surface area contributed by atoms with Crippen LogP contribution in [0.4, 0.5) is 22.7 Å². The summed E-state index contributed by atoms with van der Waals surface area (Å²) in [6, 6.07) is 21.3. The molecule has 0 aliphatic carbocycles. The molecule has 1 N–H and O–H groups in total. The first kappa shape index (κ1) is 39.4. The van der Waals surface area contributed by atoms with Crippen molar-refractivity contribution >= 4 is 55.1 Å². The molecule has 16 heteroatoms. The van der Waals surface area contributed by atoms with Gasteiger partial charge in [0.2, 0.25) is 0 Å². The third-order valence-electron chi connectivity index (χ3n) is 5.84. The molecule has 0 unspecified atom stereocenters. The summed E-state index contributed by atoms with van der Waals surface area (Å²) < 4.78 is 81.1. The Morgan fingerprint density at radius 1 is 0.609 bits per heavy atom. The van der Waals surface area contributed by atoms with Crippen LogP contribution in [0.3, 0.4) is 0 Å². The summed E-state index contributed by atoms with van der Waals surface area (Å²) in [4.78, 5) is -1.09. The fraction of sp³-hybridized carbons (Fsp3) is 0.133. The fourth-order valence-electron chi connectivity index (χ4n) is 3.85. The van der Waals surface area contributed by atoms with Crippen LogP contribution >= 0.6 is 0 Å². The number of hydrogen-bond acceptors (Lipinski definition) is 11. The van der Waals surface area contributed by atoms with Crippen molar-refractivity contribution in [1.29, 1.82) is 0 Å². The first-order chi connectivity index (χ1) is 21.0. The molecule has 4 rings (SSSR count). The van der Waals surface area contributed by atoms with Crippen molar-refractivity contribution < 1.29 is 94.5 Å². The summed E-state index contributed by atoms with van der Waals surface area (Å²) in [6.45, 7) is 4.74. The van der Waals surface area contributed by atoms with Gasteiger partial charge in [-0.1, -0.05) is 24.3 Å². The second kappa shape index (κ2) is 18.0. The zero-order valence-electron chi connectivity index (χ0n) is 25.6. The Morgan fingerprint density at radius 3 is 1.33 bits per heavy atom. The Kier molecular flexibility index (Phi) is 15.4. The van der Waals surface area contributed by atoms with Gasteiger partial charge in [0.1, 0.15) is 26.5 Å². The van der Waals surface area contributed by atoms with E-state index in [1.54, 1.807) is 48.5 Å². The van der Waals surface area contributed by atoms with Crippen molar-refractivity contribution in [1.82, 2.24) is 0 Å². The van der Waals surface area contributed by atoms with Gasteiger partial charge < -0.3 is 14.0 Å². The standard InChI is InChI=1S/C30H28N4O8S2.2Na/c1-3-41-27-15-11-23(12-16-27)31-33-25-9-7-21(29(19-25)43(35,36)37)5-6-22-8-10-26(20-30(22)44(38,39)40)34-32-24-13-17-28(18-14-24)42-4-2;;/h5-20H,3-4H2,1-2H3,(H,35,36,37)(H,38,39,40);;/q;2*+1/p-1/b6-5+,33-31?,34-32?;;. The van der Waals surface area contributed by atoms with Gasteiger partial charge in [-0.2, -0.15) is 28.9 Å². The molecule has 46 heavy (non-hydrogen) atoms. The van der Waals surface area contributed by atoms with E-state index in [-0.39, 0.29) is 81.6 Å². The number of nitrogens with zero attached hydrogens (tertiary/aromatic N) is 4. The minimum absolute atomic E-state index is 0. The number of hydrogen-bond donors (Lipinski definition) is 1. The van der Waals surface area contributed by atoms with Crippen LogP contribution in [0.15, 0.2) is 115 Å². The van der Waals surface area contributed by atoms with Crippen LogP contribution < -0.4 is 68.6 Å². The van der Waals surface area contributed by atoms with E-state index >= 15 is 0 Å². The van der Waals surface area contributed by atoms with Crippen molar-refractivity contribution in [3.63, 3.8) is 0 Å². The topological polar surface area (TPSA) is 179 Å². The van der Waals surface area contributed by atoms with Gasteiger partial charge >= 0.3 is 59.1 Å². The van der Waals surface area contributed by atoms with Gasteiger partial charge in [-0.15, -0.1) is 0 Å². The second-order valence-corrected chi connectivity index (χ2v) is 11.7. The van der Waals surface area contributed by atoms with Crippen LogP contribution in [0, 0.1) is 0 Å². The Labute approximate surface area is 311 Å². The quantitative estimate of drug-likeness (QED) is 0.101. The fourth-order valence-corrected chi connectivity index (χ4v) is 5.24. The van der Waals surface area contributed by atoms with E-state index in [1.165, 1.54) is 36.4 Å². The van der Waals surface area contributed by atoms with E-state index in [2.05, 4.69) is 20.5 Å². The Morgan fingerprint density at radius 2 is 0.957 bits per heavy atom. The molecule has 0 aliphatic rings. The largest absolute Gasteiger partial charge is 1.00 e. The van der Waals surface area contributed by atoms with Crippen molar-refractivity contribution in [3.05, 3.63) is 96.1 Å². The number of ether oxygens (including phenoxy) is 2. The monoisotopic (exact) mass is 681 g/mol. The maximum Gasteiger partial charge on any atom is 1.00 e. The average molecular weight is 682 g/mol. The SMILES string of the molecule is CCOc1ccc(N=Nc2ccc(/C=C/c3ccc(N=Nc4ccc(OCC)cc4)cc3S(=O)(=O)O)c(S(=O)(=O)[O-])c2)cc1.[Na+].[Na+]. The number of rotatable bonds is 12. The van der Waals surface area contributed by atoms with Crippen LogP contribution in [0.1, 0.15) is 25.0 Å². The smallest absolute Gasteiger partial charge is 0.744 e. The summed E-state index contributed by atoms with van der Waals surface area (Å²) in [5.74, 6) is 1.31. The van der Waals surface area contributed by atoms with Crippen LogP contribution in [-0.2, 0) is 20.2 Å². The maximum atomic E-state index is 12.2. The van der Waals surface area contributed by atoms with Crippen molar-refractivity contribution in [3.8, 4) is 11.5 Å². The van der Waals surface area contributed by atoms with Crippen molar-refractivity contribution in [2.75, 3.05) is 13.2 Å². The predicted molar refractivity (Wildman–Crippen MR) is 163 cm³/mol. The first-order valence-corrected chi connectivity index (χ1v) is 16.0. The van der Waals surface area contributed by atoms with E-state index in [0.717, 1.165) is 12.1 Å². The molecule has 12 nitrogen and oxygen atoms in total. The summed E-state index contributed by atoms with van der Waals surface area (Å²) in [6.07, 6.45) is 2.49. The zero-order valence-corrected chi connectivity index (χ0v) is 31.2. The molecule has 0 aromatic heterocycles. The van der Waals surface area contributed by atoms with Gasteiger partial charge in [0, 0.05) is 0 Å². The van der Waals surface area contributed by atoms with Gasteiger partial charge in [0.15, 0.2) is 0 Å². The second-order valence-electron chi connectivity index (χ2n) is 8.96. The molecule has 0 heterocycles. The molecule has 0 spiro atoms. The van der Waals surface area contributed by atoms with E-state index in [1.807, 2.05) is 13.8 Å². The maximum absolute atomic E-state index is 12.2. The third-order valence-corrected chi connectivity index (χ3v) is 7.64. The molecule has 4 aromatic rings. The van der Waals surface area contributed by atoms with E-state index in [9.17, 15) is 25.9 Å². The van der Waals surface area contributed by atoms with Gasteiger partial charge in [-0.25, -0.2) is 8.42 Å². The molecule has 4 aromatic carbocycles. The summed E-state index contributed by atoms with van der Waals surface area (Å²) in [5, 5.41) is 16.2. The molecule has 0 aliphatic heterocycles. The van der Waals surface area contributed by atoms with E-state index in [0.29, 0.717) is 36.1 Å².